The molecule has 4 aromatic rings. The first-order chi connectivity index (χ1) is 18.9. The number of aromatic nitrogens is 2. The Morgan fingerprint density at radius 2 is 1.67 bits per heavy atom. The average molecular weight is 524 g/mol. The Kier molecular flexibility index (Phi) is 7.59. The molecule has 0 spiro atoms. The number of ether oxygens (including phenoxy) is 1. The Hall–Kier alpha value is -4.26. The van der Waals surface area contributed by atoms with Gasteiger partial charge in [-0.1, -0.05) is 37.3 Å². The number of rotatable bonds is 6. The highest BCUT2D eigenvalue weighted by Crippen LogP contribution is 2.25. The fraction of sp³-hybridized carbons (Fsp3) is 0.312. The van der Waals surface area contributed by atoms with Crippen LogP contribution in [-0.2, 0) is 11.2 Å². The fourth-order valence-electron chi connectivity index (χ4n) is 5.36. The second kappa shape index (κ2) is 11.2. The van der Waals surface area contributed by atoms with Crippen molar-refractivity contribution in [3.8, 4) is 5.69 Å². The van der Waals surface area contributed by atoms with Crippen LogP contribution in [0.15, 0.2) is 71.5 Å². The summed E-state index contributed by atoms with van der Waals surface area (Å²) >= 11 is 0. The van der Waals surface area contributed by atoms with E-state index in [0.717, 1.165) is 36.9 Å². The van der Waals surface area contributed by atoms with Crippen LogP contribution in [0.2, 0.25) is 0 Å². The molecule has 2 heterocycles. The van der Waals surface area contributed by atoms with Crippen LogP contribution in [-0.4, -0.2) is 34.6 Å². The van der Waals surface area contributed by atoms with Crippen molar-refractivity contribution in [2.45, 2.75) is 52.0 Å². The highest BCUT2D eigenvalue weighted by Gasteiger charge is 2.25. The van der Waals surface area contributed by atoms with Crippen molar-refractivity contribution in [2.75, 3.05) is 7.11 Å². The molecule has 0 aliphatic heterocycles. The van der Waals surface area contributed by atoms with Crippen molar-refractivity contribution in [3.63, 3.8) is 0 Å². The summed E-state index contributed by atoms with van der Waals surface area (Å²) in [7, 11) is 1.31. The van der Waals surface area contributed by atoms with E-state index in [1.807, 2.05) is 49.4 Å². The predicted molar refractivity (Wildman–Crippen MR) is 152 cm³/mol. The molecule has 200 valence electrons. The molecule has 0 bridgehead atoms. The van der Waals surface area contributed by atoms with Gasteiger partial charge in [-0.05, 0) is 80.5 Å². The molecule has 0 unspecified atom stereocenters. The Balaban J connectivity index is 1.53. The van der Waals surface area contributed by atoms with Crippen LogP contribution in [0.1, 0.15) is 70.3 Å². The normalized spacial score (nSPS) is 17.1. The number of hydrogen-bond donors (Lipinski definition) is 1. The minimum atomic E-state index is -0.617. The summed E-state index contributed by atoms with van der Waals surface area (Å²) in [5.41, 5.74) is 3.41. The second-order valence-electron chi connectivity index (χ2n) is 10.4. The summed E-state index contributed by atoms with van der Waals surface area (Å²) in [5, 5.41) is 3.58. The van der Waals surface area contributed by atoms with E-state index in [1.54, 1.807) is 28.8 Å². The van der Waals surface area contributed by atoms with Gasteiger partial charge in [-0.25, -0.2) is 9.78 Å². The highest BCUT2D eigenvalue weighted by atomic mass is 16.5. The quantitative estimate of drug-likeness (QED) is 0.343. The van der Waals surface area contributed by atoms with Gasteiger partial charge in [-0.2, -0.15) is 0 Å². The lowest BCUT2D eigenvalue weighted by atomic mass is 9.87. The van der Waals surface area contributed by atoms with Gasteiger partial charge in [0.2, 0.25) is 0 Å². The summed E-state index contributed by atoms with van der Waals surface area (Å²) in [6.07, 6.45) is 4.47. The molecular formula is C32H33N3O4. The topological polar surface area (TPSA) is 90.3 Å². The van der Waals surface area contributed by atoms with Crippen LogP contribution in [0, 0.1) is 12.8 Å². The smallest absolute Gasteiger partial charge is 0.355 e. The molecule has 7 heteroatoms. The van der Waals surface area contributed by atoms with E-state index >= 15 is 0 Å². The molecule has 0 atom stereocenters. The van der Waals surface area contributed by atoms with E-state index in [9.17, 15) is 14.4 Å². The van der Waals surface area contributed by atoms with E-state index in [1.165, 1.54) is 7.11 Å². The summed E-state index contributed by atoms with van der Waals surface area (Å²) < 4.78 is 6.87. The Bertz CT molecular complexity index is 1570. The third kappa shape index (κ3) is 5.48. The van der Waals surface area contributed by atoms with Crippen LogP contribution in [0.5, 0.6) is 0 Å². The number of amides is 1. The standard InChI is InChI=1S/C32H33N3O4/c1-20-9-16-24(17-10-20)34-31(37)23-14-12-22(13-15-23)19-27-28(32(38)39-3)35(25-7-5-4-6-8-25)30-26(29(27)36)18-11-21(2)33-30/h4-8,11-15,18,20,24H,9-10,16-17,19H2,1-3H3,(H,34,37). The monoisotopic (exact) mass is 523 g/mol. The zero-order valence-electron chi connectivity index (χ0n) is 22.6. The molecule has 1 saturated carbocycles. The van der Waals surface area contributed by atoms with Crippen molar-refractivity contribution in [2.24, 2.45) is 5.92 Å². The van der Waals surface area contributed by atoms with Gasteiger partial charge in [0, 0.05) is 35.0 Å². The SMILES string of the molecule is COC(=O)c1c(Cc2ccc(C(=O)NC3CCC(C)CC3)cc2)c(=O)c2ccc(C)nc2n1-c1ccccc1. The Morgan fingerprint density at radius 1 is 0.974 bits per heavy atom. The first-order valence-corrected chi connectivity index (χ1v) is 13.4. The van der Waals surface area contributed by atoms with Gasteiger partial charge in [0.05, 0.1) is 12.5 Å². The van der Waals surface area contributed by atoms with Gasteiger partial charge in [0.1, 0.15) is 11.3 Å². The summed E-state index contributed by atoms with van der Waals surface area (Å²) in [6, 6.07) is 20.3. The van der Waals surface area contributed by atoms with Gasteiger partial charge in [0.25, 0.3) is 5.91 Å². The second-order valence-corrected chi connectivity index (χ2v) is 10.4. The van der Waals surface area contributed by atoms with Crippen molar-refractivity contribution in [3.05, 3.63) is 105 Å². The number of hydrogen-bond acceptors (Lipinski definition) is 5. The summed E-state index contributed by atoms with van der Waals surface area (Å²) in [5.74, 6) is 0.0117. The molecule has 39 heavy (non-hydrogen) atoms. The number of carbonyl (C=O) groups is 2. The number of methoxy groups -OCH3 is 1. The maximum absolute atomic E-state index is 13.8. The van der Waals surface area contributed by atoms with Gasteiger partial charge < -0.3 is 10.1 Å². The molecule has 1 aliphatic rings. The molecule has 1 amide bonds. The molecule has 1 fully saturated rings. The third-order valence-corrected chi connectivity index (χ3v) is 7.60. The third-order valence-electron chi connectivity index (χ3n) is 7.60. The van der Waals surface area contributed by atoms with Crippen LogP contribution in [0.3, 0.4) is 0 Å². The van der Waals surface area contributed by atoms with Crippen LogP contribution >= 0.6 is 0 Å². The molecule has 0 radical (unpaired) electrons. The zero-order chi connectivity index (χ0) is 27.5. The largest absolute Gasteiger partial charge is 0.464 e. The lowest BCUT2D eigenvalue weighted by Gasteiger charge is -2.26. The summed E-state index contributed by atoms with van der Waals surface area (Å²) in [6.45, 7) is 4.10. The number of pyridine rings is 2. The predicted octanol–water partition coefficient (Wildman–Crippen LogP) is 5.38. The molecule has 1 aliphatic carbocycles. The zero-order valence-corrected chi connectivity index (χ0v) is 22.6. The molecule has 2 aromatic carbocycles. The number of benzene rings is 2. The number of carbonyl (C=O) groups excluding carboxylic acids is 2. The van der Waals surface area contributed by atoms with E-state index in [4.69, 9.17) is 4.74 Å². The number of esters is 1. The number of nitrogens with one attached hydrogen (secondary N) is 1. The maximum Gasteiger partial charge on any atom is 0.355 e. The minimum absolute atomic E-state index is 0.0880. The maximum atomic E-state index is 13.8. The highest BCUT2D eigenvalue weighted by molar-refractivity contribution is 5.95. The summed E-state index contributed by atoms with van der Waals surface area (Å²) in [4.78, 5) is 44.4. The number of nitrogens with zero attached hydrogens (tertiary/aromatic N) is 2. The molecule has 1 N–H and O–H groups in total. The lowest BCUT2D eigenvalue weighted by Crippen LogP contribution is -2.37. The lowest BCUT2D eigenvalue weighted by molar-refractivity contribution is 0.0589. The Labute approximate surface area is 227 Å². The number of fused-ring (bicyclic) bond motifs is 1. The van der Waals surface area contributed by atoms with Crippen LogP contribution in [0.25, 0.3) is 16.7 Å². The molecule has 7 nitrogen and oxygen atoms in total. The van der Waals surface area contributed by atoms with Gasteiger partial charge in [0.15, 0.2) is 5.43 Å². The van der Waals surface area contributed by atoms with Crippen LogP contribution in [0.4, 0.5) is 0 Å². The molecule has 2 aromatic heterocycles. The average Bonchev–Trinajstić information content (AvgIpc) is 2.95. The number of para-hydroxylation sites is 1. The van der Waals surface area contributed by atoms with E-state index in [2.05, 4.69) is 17.2 Å². The van der Waals surface area contributed by atoms with Gasteiger partial charge in [-0.15, -0.1) is 0 Å². The van der Waals surface area contributed by atoms with Crippen molar-refractivity contribution in [1.29, 1.82) is 0 Å². The number of aryl methyl sites for hydroxylation is 1. The van der Waals surface area contributed by atoms with Crippen molar-refractivity contribution >= 4 is 22.9 Å². The van der Waals surface area contributed by atoms with E-state index < -0.39 is 5.97 Å². The first kappa shape index (κ1) is 26.4. The van der Waals surface area contributed by atoms with Crippen LogP contribution < -0.4 is 10.7 Å². The van der Waals surface area contributed by atoms with Crippen molar-refractivity contribution in [1.82, 2.24) is 14.9 Å². The molecule has 5 rings (SSSR count). The van der Waals surface area contributed by atoms with Gasteiger partial charge >= 0.3 is 5.97 Å². The van der Waals surface area contributed by atoms with Crippen molar-refractivity contribution < 1.29 is 14.3 Å². The molecular weight excluding hydrogens is 490 g/mol. The van der Waals surface area contributed by atoms with E-state index in [-0.39, 0.29) is 29.5 Å². The minimum Gasteiger partial charge on any atom is -0.464 e. The van der Waals surface area contributed by atoms with E-state index in [0.29, 0.717) is 33.8 Å². The molecule has 0 saturated heterocycles. The van der Waals surface area contributed by atoms with Gasteiger partial charge in [-0.3, -0.25) is 14.2 Å². The fourth-order valence-corrected chi connectivity index (χ4v) is 5.36. The Morgan fingerprint density at radius 3 is 2.33 bits per heavy atom. The first-order valence-electron chi connectivity index (χ1n) is 13.4.